The third kappa shape index (κ3) is 2.85. The Bertz CT molecular complexity index is 1350. The van der Waals surface area contributed by atoms with Crippen LogP contribution in [0.4, 0.5) is 4.39 Å². The second-order valence-corrected chi connectivity index (χ2v) is 6.19. The molecule has 27 heavy (non-hydrogen) atoms. The molecule has 0 fully saturated rings. The molecule has 4 heteroatoms. The van der Waals surface area contributed by atoms with Crippen LogP contribution in [0.15, 0.2) is 83.4 Å². The standard InChI is InChI=1S/C23H15FN2O/c24-21-10-9-18-17-7-4-8-19(22(17)27-23(18)26-21)20-14-16(11-12-25-20)13-15-5-2-1-3-6-15/h1-12,14H,13H2/i13D2. The normalized spacial score (nSPS) is 12.9. The van der Waals surface area contributed by atoms with Gasteiger partial charge >= 0.3 is 0 Å². The van der Waals surface area contributed by atoms with E-state index in [-0.39, 0.29) is 5.71 Å². The highest BCUT2D eigenvalue weighted by molar-refractivity contribution is 6.08. The summed E-state index contributed by atoms with van der Waals surface area (Å²) in [5.74, 6) is -0.603. The highest BCUT2D eigenvalue weighted by Crippen LogP contribution is 2.34. The molecule has 0 atom stereocenters. The summed E-state index contributed by atoms with van der Waals surface area (Å²) >= 11 is 0. The zero-order chi connectivity index (χ0) is 20.0. The monoisotopic (exact) mass is 356 g/mol. The highest BCUT2D eigenvalue weighted by atomic mass is 19.1. The number of benzene rings is 2. The number of rotatable bonds is 3. The van der Waals surface area contributed by atoms with Gasteiger partial charge in [-0.25, -0.2) is 0 Å². The molecule has 0 spiro atoms. The Kier molecular flexibility index (Phi) is 3.20. The first-order chi connectivity index (χ1) is 14.0. The maximum Gasteiger partial charge on any atom is 0.229 e. The Balaban J connectivity index is 1.68. The van der Waals surface area contributed by atoms with Gasteiger partial charge in [0.1, 0.15) is 5.58 Å². The van der Waals surface area contributed by atoms with E-state index < -0.39 is 12.3 Å². The van der Waals surface area contributed by atoms with Crippen molar-refractivity contribution in [2.45, 2.75) is 6.37 Å². The van der Waals surface area contributed by atoms with E-state index in [9.17, 15) is 4.39 Å². The molecule has 0 unspecified atom stereocenters. The Morgan fingerprint density at radius 1 is 0.889 bits per heavy atom. The first-order valence-electron chi connectivity index (χ1n) is 9.54. The fourth-order valence-corrected chi connectivity index (χ4v) is 3.20. The van der Waals surface area contributed by atoms with Gasteiger partial charge in [0.2, 0.25) is 11.7 Å². The molecule has 0 saturated carbocycles. The number of fused-ring (bicyclic) bond motifs is 3. The summed E-state index contributed by atoms with van der Waals surface area (Å²) in [6, 6.07) is 21.0. The SMILES string of the molecule is [2H]C([2H])(c1ccccc1)c1ccnc(-c2cccc3c2oc2nc(F)ccc23)c1. The average molecular weight is 356 g/mol. The van der Waals surface area contributed by atoms with Crippen LogP contribution in [0.25, 0.3) is 33.3 Å². The molecule has 0 N–H and O–H groups in total. The summed E-state index contributed by atoms with van der Waals surface area (Å²) < 4.78 is 36.6. The molecule has 130 valence electrons. The number of nitrogens with zero attached hydrogens (tertiary/aromatic N) is 2. The van der Waals surface area contributed by atoms with Gasteiger partial charge in [0, 0.05) is 25.3 Å². The van der Waals surface area contributed by atoms with Crippen molar-refractivity contribution in [3.63, 3.8) is 0 Å². The molecule has 0 radical (unpaired) electrons. The predicted octanol–water partition coefficient (Wildman–Crippen LogP) is 5.77. The molecule has 3 nitrogen and oxygen atoms in total. The molecule has 3 aromatic heterocycles. The third-order valence-corrected chi connectivity index (χ3v) is 4.43. The first kappa shape index (κ1) is 13.6. The van der Waals surface area contributed by atoms with E-state index >= 15 is 0 Å². The van der Waals surface area contributed by atoms with Crippen molar-refractivity contribution in [3.05, 3.63) is 96.1 Å². The van der Waals surface area contributed by atoms with Crippen molar-refractivity contribution in [1.82, 2.24) is 9.97 Å². The lowest BCUT2D eigenvalue weighted by Crippen LogP contribution is -1.91. The summed E-state index contributed by atoms with van der Waals surface area (Å²) in [5, 5.41) is 1.53. The lowest BCUT2D eigenvalue weighted by molar-refractivity contribution is 0.569. The van der Waals surface area contributed by atoms with Gasteiger partial charge in [-0.15, -0.1) is 0 Å². The minimum Gasteiger partial charge on any atom is -0.437 e. The van der Waals surface area contributed by atoms with Crippen LogP contribution in [0.5, 0.6) is 0 Å². The zero-order valence-electron chi connectivity index (χ0n) is 16.2. The molecule has 0 aliphatic heterocycles. The largest absolute Gasteiger partial charge is 0.437 e. The lowest BCUT2D eigenvalue weighted by Gasteiger charge is -2.06. The van der Waals surface area contributed by atoms with Gasteiger partial charge < -0.3 is 4.42 Å². The maximum absolute atomic E-state index is 13.5. The Morgan fingerprint density at radius 2 is 1.78 bits per heavy atom. The fraction of sp³-hybridized carbons (Fsp3) is 0.0435. The molecule has 3 heterocycles. The molecule has 0 saturated heterocycles. The molecular weight excluding hydrogens is 339 g/mol. The summed E-state index contributed by atoms with van der Waals surface area (Å²) in [7, 11) is 0. The third-order valence-electron chi connectivity index (χ3n) is 4.43. The molecule has 5 rings (SSSR count). The van der Waals surface area contributed by atoms with Crippen LogP contribution < -0.4 is 0 Å². The van der Waals surface area contributed by atoms with E-state index in [1.807, 2.05) is 36.4 Å². The lowest BCUT2D eigenvalue weighted by atomic mass is 10.0. The molecule has 2 aromatic carbocycles. The molecule has 0 bridgehead atoms. The van der Waals surface area contributed by atoms with E-state index in [0.29, 0.717) is 28.0 Å². The second kappa shape index (κ2) is 6.32. The zero-order valence-corrected chi connectivity index (χ0v) is 14.2. The molecule has 5 aromatic rings. The second-order valence-electron chi connectivity index (χ2n) is 6.19. The summed E-state index contributed by atoms with van der Waals surface area (Å²) in [5.41, 5.74) is 3.11. The van der Waals surface area contributed by atoms with Crippen LogP contribution in [-0.4, -0.2) is 9.97 Å². The van der Waals surface area contributed by atoms with Crippen LogP contribution >= 0.6 is 0 Å². The van der Waals surface area contributed by atoms with E-state index in [2.05, 4.69) is 9.97 Å². The Labute approximate surface area is 157 Å². The molecule has 0 aliphatic carbocycles. The number of furan rings is 1. The minimum atomic E-state index is -1.68. The van der Waals surface area contributed by atoms with E-state index in [0.717, 1.165) is 10.8 Å². The molecular formula is C23H15FN2O. The van der Waals surface area contributed by atoms with Gasteiger partial charge in [-0.3, -0.25) is 4.98 Å². The van der Waals surface area contributed by atoms with Crippen molar-refractivity contribution < 1.29 is 11.5 Å². The van der Waals surface area contributed by atoms with Crippen LogP contribution in [0.1, 0.15) is 13.9 Å². The first-order valence-corrected chi connectivity index (χ1v) is 8.54. The van der Waals surface area contributed by atoms with Gasteiger partial charge in [0.15, 0.2) is 0 Å². The minimum absolute atomic E-state index is 0.225. The topological polar surface area (TPSA) is 38.9 Å². The van der Waals surface area contributed by atoms with Gasteiger partial charge in [-0.05, 0) is 47.8 Å². The Morgan fingerprint density at radius 3 is 2.67 bits per heavy atom. The number of pyridine rings is 2. The fourth-order valence-electron chi connectivity index (χ4n) is 3.20. The number of hydrogen-bond acceptors (Lipinski definition) is 3. The van der Waals surface area contributed by atoms with Gasteiger partial charge in [-0.1, -0.05) is 42.5 Å². The van der Waals surface area contributed by atoms with Crippen LogP contribution in [0.2, 0.25) is 0 Å². The summed E-state index contributed by atoms with van der Waals surface area (Å²) in [6.45, 7) is 0. The smallest absolute Gasteiger partial charge is 0.229 e. The van der Waals surface area contributed by atoms with Crippen molar-refractivity contribution >= 4 is 22.1 Å². The number of aromatic nitrogens is 2. The van der Waals surface area contributed by atoms with E-state index in [4.69, 9.17) is 7.16 Å². The predicted molar refractivity (Wildman–Crippen MR) is 104 cm³/mol. The summed E-state index contributed by atoms with van der Waals surface area (Å²) in [6.07, 6.45) is -0.0871. The van der Waals surface area contributed by atoms with Crippen molar-refractivity contribution in [1.29, 1.82) is 0 Å². The van der Waals surface area contributed by atoms with Gasteiger partial charge in [-0.2, -0.15) is 9.37 Å². The van der Waals surface area contributed by atoms with E-state index in [1.165, 1.54) is 6.07 Å². The van der Waals surface area contributed by atoms with Crippen LogP contribution in [0, 0.1) is 5.95 Å². The van der Waals surface area contributed by atoms with Crippen molar-refractivity contribution in [3.8, 4) is 11.3 Å². The van der Waals surface area contributed by atoms with Crippen LogP contribution in [0.3, 0.4) is 0 Å². The van der Waals surface area contributed by atoms with Crippen molar-refractivity contribution in [2.75, 3.05) is 0 Å². The Hall–Kier alpha value is -3.53. The summed E-state index contributed by atoms with van der Waals surface area (Å²) in [4.78, 5) is 8.26. The number of halogens is 1. The maximum atomic E-state index is 13.5. The highest BCUT2D eigenvalue weighted by Gasteiger charge is 2.14. The van der Waals surface area contributed by atoms with Gasteiger partial charge in [0.05, 0.1) is 5.69 Å². The van der Waals surface area contributed by atoms with Crippen molar-refractivity contribution in [2.24, 2.45) is 0 Å². The molecule has 0 amide bonds. The van der Waals surface area contributed by atoms with E-state index in [1.54, 1.807) is 36.5 Å². The quantitative estimate of drug-likeness (QED) is 0.385. The van der Waals surface area contributed by atoms with Crippen LogP contribution in [-0.2, 0) is 6.37 Å². The average Bonchev–Trinajstić information content (AvgIpc) is 3.12. The number of hydrogen-bond donors (Lipinski definition) is 0. The van der Waals surface area contributed by atoms with Gasteiger partial charge in [0.25, 0.3) is 0 Å². The number of para-hydroxylation sites is 1. The molecule has 0 aliphatic rings.